The standard InChI is InChI=1S/C19H19N3O2/c1-21(2)15-8-9-22-11-16(20-19(22)10-15)18-13-23-12-17(24-18)14-6-4-3-5-7-14/h3-4,6,8-13H,5,7H2,1-2H3. The van der Waals surface area contributed by atoms with E-state index in [1.165, 1.54) is 0 Å². The third-order valence-electron chi connectivity index (χ3n) is 4.11. The van der Waals surface area contributed by atoms with Crippen LogP contribution in [0.15, 0.2) is 66.6 Å². The molecule has 0 bridgehead atoms. The molecule has 0 saturated carbocycles. The summed E-state index contributed by atoms with van der Waals surface area (Å²) in [5.41, 5.74) is 3.87. The Kier molecular flexibility index (Phi) is 3.61. The first-order valence-electron chi connectivity index (χ1n) is 7.97. The zero-order valence-corrected chi connectivity index (χ0v) is 13.8. The number of fused-ring (bicyclic) bond motifs is 1. The highest BCUT2D eigenvalue weighted by Gasteiger charge is 2.18. The Bertz CT molecular complexity index is 900. The van der Waals surface area contributed by atoms with E-state index in [2.05, 4.69) is 34.2 Å². The smallest absolute Gasteiger partial charge is 0.189 e. The van der Waals surface area contributed by atoms with Gasteiger partial charge in [0.2, 0.25) is 0 Å². The minimum absolute atomic E-state index is 0.623. The number of imidazole rings is 1. The topological polar surface area (TPSA) is 39.0 Å². The fourth-order valence-electron chi connectivity index (χ4n) is 2.75. The number of hydrogen-bond donors (Lipinski definition) is 0. The molecule has 0 aromatic carbocycles. The summed E-state index contributed by atoms with van der Waals surface area (Å²) in [7, 11) is 4.03. The maximum atomic E-state index is 6.03. The molecule has 2 aromatic rings. The monoisotopic (exact) mass is 321 g/mol. The first-order chi connectivity index (χ1) is 11.7. The lowest BCUT2D eigenvalue weighted by atomic mass is 10.0. The number of nitrogens with zero attached hydrogens (tertiary/aromatic N) is 3. The van der Waals surface area contributed by atoms with E-state index in [4.69, 9.17) is 9.47 Å². The van der Waals surface area contributed by atoms with Gasteiger partial charge >= 0.3 is 0 Å². The number of ether oxygens (including phenoxy) is 2. The lowest BCUT2D eigenvalue weighted by Gasteiger charge is -2.18. The molecule has 1 aliphatic carbocycles. The normalized spacial score (nSPS) is 16.8. The molecule has 0 radical (unpaired) electrons. The van der Waals surface area contributed by atoms with Crippen LogP contribution >= 0.6 is 0 Å². The van der Waals surface area contributed by atoms with E-state index < -0.39 is 0 Å². The lowest BCUT2D eigenvalue weighted by molar-refractivity contribution is 0.284. The van der Waals surface area contributed by atoms with Gasteiger partial charge in [-0.3, -0.25) is 0 Å². The van der Waals surface area contributed by atoms with Gasteiger partial charge in [0, 0.05) is 38.2 Å². The molecule has 5 nitrogen and oxygen atoms in total. The summed E-state index contributed by atoms with van der Waals surface area (Å²) in [6.45, 7) is 0. The molecule has 0 N–H and O–H groups in total. The molecule has 5 heteroatoms. The highest BCUT2D eigenvalue weighted by atomic mass is 16.5. The fourth-order valence-corrected chi connectivity index (χ4v) is 2.75. The molecule has 0 amide bonds. The van der Waals surface area contributed by atoms with Crippen molar-refractivity contribution >= 4 is 17.1 Å². The van der Waals surface area contributed by atoms with Crippen molar-refractivity contribution in [3.05, 3.63) is 72.3 Å². The second kappa shape index (κ2) is 5.92. The van der Waals surface area contributed by atoms with E-state index in [0.29, 0.717) is 5.76 Å². The van der Waals surface area contributed by atoms with Crippen LogP contribution in [0, 0.1) is 0 Å². The number of allylic oxidation sites excluding steroid dienone is 4. The van der Waals surface area contributed by atoms with E-state index in [9.17, 15) is 0 Å². The van der Waals surface area contributed by atoms with Crippen molar-refractivity contribution in [2.75, 3.05) is 19.0 Å². The molecule has 2 aliphatic rings. The second-order valence-corrected chi connectivity index (χ2v) is 6.03. The molecular formula is C19H19N3O2. The predicted octanol–water partition coefficient (Wildman–Crippen LogP) is 3.86. The van der Waals surface area contributed by atoms with Crippen LogP contribution in [0.4, 0.5) is 5.69 Å². The van der Waals surface area contributed by atoms with Crippen LogP contribution in [0.25, 0.3) is 11.4 Å². The molecule has 24 heavy (non-hydrogen) atoms. The Morgan fingerprint density at radius 3 is 2.88 bits per heavy atom. The SMILES string of the molecule is CN(C)c1ccn2cc(C3=COC=C(C4=CC=CCC4)O3)nc2c1. The Morgan fingerprint density at radius 1 is 1.21 bits per heavy atom. The summed E-state index contributed by atoms with van der Waals surface area (Å²) in [5.74, 6) is 1.38. The molecule has 2 aromatic heterocycles. The van der Waals surface area contributed by atoms with Crippen molar-refractivity contribution in [2.24, 2.45) is 0 Å². The van der Waals surface area contributed by atoms with Crippen molar-refractivity contribution in [3.63, 3.8) is 0 Å². The van der Waals surface area contributed by atoms with Gasteiger partial charge < -0.3 is 18.8 Å². The third kappa shape index (κ3) is 2.69. The Hall–Kier alpha value is -2.95. The molecule has 0 spiro atoms. The highest BCUT2D eigenvalue weighted by Crippen LogP contribution is 2.30. The van der Waals surface area contributed by atoms with E-state index in [0.717, 1.165) is 41.2 Å². The van der Waals surface area contributed by atoms with E-state index in [1.807, 2.05) is 37.0 Å². The number of hydrogen-bond acceptors (Lipinski definition) is 4. The summed E-state index contributed by atoms with van der Waals surface area (Å²) in [6, 6.07) is 4.09. The lowest BCUT2D eigenvalue weighted by Crippen LogP contribution is -2.08. The van der Waals surface area contributed by atoms with E-state index in [1.54, 1.807) is 12.5 Å². The summed E-state index contributed by atoms with van der Waals surface area (Å²) in [4.78, 5) is 6.71. The van der Waals surface area contributed by atoms with Crippen LogP contribution in [0.5, 0.6) is 0 Å². The fraction of sp³-hybridized carbons (Fsp3) is 0.211. The average Bonchev–Trinajstić information content (AvgIpc) is 3.06. The van der Waals surface area contributed by atoms with Crippen LogP contribution < -0.4 is 4.90 Å². The van der Waals surface area contributed by atoms with Gasteiger partial charge in [-0.1, -0.05) is 18.2 Å². The maximum Gasteiger partial charge on any atom is 0.189 e. The van der Waals surface area contributed by atoms with Crippen LogP contribution in [0.3, 0.4) is 0 Å². The average molecular weight is 321 g/mol. The van der Waals surface area contributed by atoms with Gasteiger partial charge in [0.1, 0.15) is 23.9 Å². The largest absolute Gasteiger partial charge is 0.465 e. The highest BCUT2D eigenvalue weighted by molar-refractivity contribution is 5.63. The van der Waals surface area contributed by atoms with Crippen LogP contribution in [-0.4, -0.2) is 23.5 Å². The van der Waals surface area contributed by atoms with Crippen LogP contribution in [0.2, 0.25) is 0 Å². The summed E-state index contributed by atoms with van der Waals surface area (Å²) < 4.78 is 13.5. The molecule has 0 fully saturated rings. The first-order valence-corrected chi connectivity index (χ1v) is 7.97. The van der Waals surface area contributed by atoms with Gasteiger partial charge in [-0.05, 0) is 24.5 Å². The quantitative estimate of drug-likeness (QED) is 0.860. The van der Waals surface area contributed by atoms with Crippen molar-refractivity contribution in [2.45, 2.75) is 12.8 Å². The number of pyridine rings is 1. The molecule has 0 saturated heterocycles. The summed E-state index contributed by atoms with van der Waals surface area (Å²) in [5, 5.41) is 0. The molecule has 122 valence electrons. The minimum Gasteiger partial charge on any atom is -0.465 e. The van der Waals surface area contributed by atoms with E-state index in [-0.39, 0.29) is 0 Å². The zero-order chi connectivity index (χ0) is 16.5. The molecule has 1 aliphatic heterocycles. The van der Waals surface area contributed by atoms with Gasteiger partial charge in [0.05, 0.1) is 0 Å². The van der Waals surface area contributed by atoms with Crippen LogP contribution in [0.1, 0.15) is 18.5 Å². The Labute approximate surface area is 140 Å². The van der Waals surface area contributed by atoms with Crippen molar-refractivity contribution < 1.29 is 9.47 Å². The van der Waals surface area contributed by atoms with Crippen LogP contribution in [-0.2, 0) is 9.47 Å². The molecule has 0 unspecified atom stereocenters. The van der Waals surface area contributed by atoms with Crippen molar-refractivity contribution in [3.8, 4) is 0 Å². The number of anilines is 1. The van der Waals surface area contributed by atoms with Gasteiger partial charge in [-0.2, -0.15) is 0 Å². The van der Waals surface area contributed by atoms with Crippen molar-refractivity contribution in [1.29, 1.82) is 0 Å². The Balaban J connectivity index is 1.62. The Morgan fingerprint density at radius 2 is 2.08 bits per heavy atom. The summed E-state index contributed by atoms with van der Waals surface area (Å²) in [6.07, 6.45) is 15.4. The maximum absolute atomic E-state index is 6.03. The van der Waals surface area contributed by atoms with E-state index >= 15 is 0 Å². The molecule has 4 rings (SSSR count). The number of aromatic nitrogens is 2. The van der Waals surface area contributed by atoms with Gasteiger partial charge in [-0.25, -0.2) is 4.98 Å². The van der Waals surface area contributed by atoms with Crippen molar-refractivity contribution in [1.82, 2.24) is 9.38 Å². The zero-order valence-electron chi connectivity index (χ0n) is 13.8. The van der Waals surface area contributed by atoms with Gasteiger partial charge in [-0.15, -0.1) is 0 Å². The minimum atomic E-state index is 0.623. The second-order valence-electron chi connectivity index (χ2n) is 6.03. The molecular weight excluding hydrogens is 302 g/mol. The van der Waals surface area contributed by atoms with Gasteiger partial charge in [0.25, 0.3) is 0 Å². The molecule has 0 atom stereocenters. The first kappa shape index (κ1) is 14.6. The molecule has 3 heterocycles. The number of rotatable bonds is 3. The predicted molar refractivity (Wildman–Crippen MR) is 94.2 cm³/mol. The third-order valence-corrected chi connectivity index (χ3v) is 4.11. The summed E-state index contributed by atoms with van der Waals surface area (Å²) >= 11 is 0. The van der Waals surface area contributed by atoms with Gasteiger partial charge in [0.15, 0.2) is 11.5 Å².